The molecule has 0 saturated carbocycles. The second-order valence-electron chi connectivity index (χ2n) is 3.50. The van der Waals surface area contributed by atoms with Crippen LogP contribution < -0.4 is 11.1 Å². The summed E-state index contributed by atoms with van der Waals surface area (Å²) in [5, 5.41) is 2.88. The van der Waals surface area contributed by atoms with Crippen molar-refractivity contribution in [1.82, 2.24) is 5.32 Å². The summed E-state index contributed by atoms with van der Waals surface area (Å²) in [4.78, 5) is 11.2. The zero-order chi connectivity index (χ0) is 11.4. The number of carbonyl (C=O) groups excluding carboxylic acids is 1. The highest BCUT2D eigenvalue weighted by Gasteiger charge is 1.99. The van der Waals surface area contributed by atoms with Crippen molar-refractivity contribution in [3.8, 4) is 0 Å². The molecule has 0 aromatic rings. The van der Waals surface area contributed by atoms with Gasteiger partial charge in [-0.2, -0.15) is 0 Å². The van der Waals surface area contributed by atoms with Gasteiger partial charge in [-0.15, -0.1) is 0 Å². The summed E-state index contributed by atoms with van der Waals surface area (Å²) >= 11 is 0. The van der Waals surface area contributed by atoms with Crippen molar-refractivity contribution in [2.45, 2.75) is 39.0 Å². The summed E-state index contributed by atoms with van der Waals surface area (Å²) in [6.07, 6.45) is 4.53. The zero-order valence-corrected chi connectivity index (χ0v) is 9.76. The number of carbonyl (C=O) groups is 1. The maximum atomic E-state index is 11.2. The topological polar surface area (TPSA) is 64.3 Å². The molecule has 1 amide bonds. The lowest BCUT2D eigenvalue weighted by Gasteiger charge is -2.04. The molecule has 15 heavy (non-hydrogen) atoms. The molecule has 4 heteroatoms. The summed E-state index contributed by atoms with van der Waals surface area (Å²) in [6.45, 7) is 4.87. The molecule has 90 valence electrons. The molecule has 0 heterocycles. The minimum Gasteiger partial charge on any atom is -0.382 e. The van der Waals surface area contributed by atoms with E-state index in [-0.39, 0.29) is 5.91 Å². The van der Waals surface area contributed by atoms with E-state index in [4.69, 9.17) is 10.5 Å². The van der Waals surface area contributed by atoms with Crippen molar-refractivity contribution >= 4 is 5.91 Å². The second kappa shape index (κ2) is 11.5. The number of nitrogens with two attached hydrogens (primary N) is 1. The molecule has 0 saturated heterocycles. The van der Waals surface area contributed by atoms with Crippen molar-refractivity contribution in [2.24, 2.45) is 5.73 Å². The SMILES string of the molecule is CCOCCCC(=O)NCCCCCN. The van der Waals surface area contributed by atoms with Gasteiger partial charge in [0.25, 0.3) is 0 Å². The van der Waals surface area contributed by atoms with E-state index in [1.807, 2.05) is 6.92 Å². The maximum Gasteiger partial charge on any atom is 0.220 e. The predicted molar refractivity (Wildman–Crippen MR) is 61.6 cm³/mol. The van der Waals surface area contributed by atoms with Crippen LogP contribution in [0.3, 0.4) is 0 Å². The number of unbranched alkanes of at least 4 members (excludes halogenated alkanes) is 2. The molecule has 0 atom stereocenters. The summed E-state index contributed by atoms with van der Waals surface area (Å²) in [7, 11) is 0. The Kier molecular flexibility index (Phi) is 11.0. The molecule has 0 bridgehead atoms. The number of rotatable bonds is 10. The first-order valence-corrected chi connectivity index (χ1v) is 5.85. The van der Waals surface area contributed by atoms with Gasteiger partial charge in [-0.1, -0.05) is 6.42 Å². The van der Waals surface area contributed by atoms with E-state index in [1.165, 1.54) is 0 Å². The van der Waals surface area contributed by atoms with Crippen LogP contribution in [0.1, 0.15) is 39.0 Å². The first-order chi connectivity index (χ1) is 7.31. The van der Waals surface area contributed by atoms with E-state index >= 15 is 0 Å². The van der Waals surface area contributed by atoms with Crippen molar-refractivity contribution in [3.63, 3.8) is 0 Å². The molecule has 0 aromatic heterocycles. The van der Waals surface area contributed by atoms with Crippen LogP contribution in [-0.4, -0.2) is 32.2 Å². The molecular formula is C11H24N2O2. The van der Waals surface area contributed by atoms with E-state index < -0.39 is 0 Å². The fourth-order valence-electron chi connectivity index (χ4n) is 1.24. The number of nitrogens with one attached hydrogen (secondary N) is 1. The number of hydrogen-bond donors (Lipinski definition) is 2. The first-order valence-electron chi connectivity index (χ1n) is 5.85. The molecule has 0 aromatic carbocycles. The Morgan fingerprint density at radius 3 is 2.73 bits per heavy atom. The van der Waals surface area contributed by atoms with Crippen LogP contribution in [0.5, 0.6) is 0 Å². The van der Waals surface area contributed by atoms with Crippen LogP contribution in [0.4, 0.5) is 0 Å². The Labute approximate surface area is 92.6 Å². The molecule has 0 aliphatic rings. The maximum absolute atomic E-state index is 11.2. The number of ether oxygens (including phenoxy) is 1. The normalized spacial score (nSPS) is 10.3. The third-order valence-corrected chi connectivity index (χ3v) is 2.10. The van der Waals surface area contributed by atoms with E-state index in [2.05, 4.69) is 5.32 Å². The lowest BCUT2D eigenvalue weighted by atomic mass is 10.2. The Balaban J connectivity index is 3.11. The molecule has 3 N–H and O–H groups in total. The lowest BCUT2D eigenvalue weighted by Crippen LogP contribution is -2.24. The van der Waals surface area contributed by atoms with E-state index in [1.54, 1.807) is 0 Å². The van der Waals surface area contributed by atoms with E-state index in [0.717, 1.165) is 45.4 Å². The van der Waals surface area contributed by atoms with Crippen molar-refractivity contribution < 1.29 is 9.53 Å². The van der Waals surface area contributed by atoms with E-state index in [0.29, 0.717) is 13.0 Å². The van der Waals surface area contributed by atoms with Gasteiger partial charge in [0.15, 0.2) is 0 Å². The molecule has 0 spiro atoms. The summed E-state index contributed by atoms with van der Waals surface area (Å²) in [5.41, 5.74) is 5.36. The minimum atomic E-state index is 0.127. The number of amides is 1. The van der Waals surface area contributed by atoms with Crippen LogP contribution in [0.25, 0.3) is 0 Å². The molecule has 0 rings (SSSR count). The van der Waals surface area contributed by atoms with Crippen LogP contribution >= 0.6 is 0 Å². The molecule has 0 fully saturated rings. The van der Waals surface area contributed by atoms with Crippen LogP contribution in [0, 0.1) is 0 Å². The van der Waals surface area contributed by atoms with Crippen molar-refractivity contribution in [2.75, 3.05) is 26.3 Å². The van der Waals surface area contributed by atoms with Crippen LogP contribution in [0.2, 0.25) is 0 Å². The fraction of sp³-hybridized carbons (Fsp3) is 0.909. The highest BCUT2D eigenvalue weighted by molar-refractivity contribution is 5.75. The lowest BCUT2D eigenvalue weighted by molar-refractivity contribution is -0.121. The molecule has 0 radical (unpaired) electrons. The molecular weight excluding hydrogens is 192 g/mol. The smallest absolute Gasteiger partial charge is 0.220 e. The Bertz CT molecular complexity index is 152. The van der Waals surface area contributed by atoms with Gasteiger partial charge in [0.1, 0.15) is 0 Å². The summed E-state index contributed by atoms with van der Waals surface area (Å²) < 4.78 is 5.15. The van der Waals surface area contributed by atoms with Crippen molar-refractivity contribution in [3.05, 3.63) is 0 Å². The van der Waals surface area contributed by atoms with Gasteiger partial charge in [0.2, 0.25) is 5.91 Å². The zero-order valence-electron chi connectivity index (χ0n) is 9.76. The highest BCUT2D eigenvalue weighted by atomic mass is 16.5. The summed E-state index contributed by atoms with van der Waals surface area (Å²) in [6, 6.07) is 0. The largest absolute Gasteiger partial charge is 0.382 e. The average Bonchev–Trinajstić information content (AvgIpc) is 2.24. The first kappa shape index (κ1) is 14.4. The monoisotopic (exact) mass is 216 g/mol. The van der Waals surface area contributed by atoms with Crippen LogP contribution in [-0.2, 0) is 9.53 Å². The van der Waals surface area contributed by atoms with Gasteiger partial charge in [-0.05, 0) is 32.7 Å². The Morgan fingerprint density at radius 2 is 2.07 bits per heavy atom. The highest BCUT2D eigenvalue weighted by Crippen LogP contribution is 1.93. The Hall–Kier alpha value is -0.610. The van der Waals surface area contributed by atoms with Crippen LogP contribution in [0.15, 0.2) is 0 Å². The molecule has 0 aliphatic carbocycles. The predicted octanol–water partition coefficient (Wildman–Crippen LogP) is 1.05. The molecule has 0 unspecified atom stereocenters. The van der Waals surface area contributed by atoms with Gasteiger partial charge >= 0.3 is 0 Å². The number of hydrogen-bond acceptors (Lipinski definition) is 3. The summed E-state index contributed by atoms with van der Waals surface area (Å²) in [5.74, 6) is 0.127. The van der Waals surface area contributed by atoms with E-state index in [9.17, 15) is 4.79 Å². The van der Waals surface area contributed by atoms with Gasteiger partial charge in [0.05, 0.1) is 0 Å². The third-order valence-electron chi connectivity index (χ3n) is 2.10. The fourth-order valence-corrected chi connectivity index (χ4v) is 1.24. The van der Waals surface area contributed by atoms with Crippen molar-refractivity contribution in [1.29, 1.82) is 0 Å². The average molecular weight is 216 g/mol. The van der Waals surface area contributed by atoms with Gasteiger partial charge < -0.3 is 15.8 Å². The quantitative estimate of drug-likeness (QED) is 0.536. The second-order valence-corrected chi connectivity index (χ2v) is 3.50. The van der Waals surface area contributed by atoms with Gasteiger partial charge in [0, 0.05) is 26.2 Å². The standard InChI is InChI=1S/C11H24N2O2/c1-2-15-10-6-7-11(14)13-9-5-3-4-8-12/h2-10,12H2,1H3,(H,13,14). The molecule has 4 nitrogen and oxygen atoms in total. The van der Waals surface area contributed by atoms with Gasteiger partial charge in [-0.25, -0.2) is 0 Å². The Morgan fingerprint density at radius 1 is 1.27 bits per heavy atom. The molecule has 0 aliphatic heterocycles. The van der Waals surface area contributed by atoms with Gasteiger partial charge in [-0.3, -0.25) is 4.79 Å². The third kappa shape index (κ3) is 11.3. The minimum absolute atomic E-state index is 0.127.